The predicted molar refractivity (Wildman–Crippen MR) is 85.9 cm³/mol. The summed E-state index contributed by atoms with van der Waals surface area (Å²) >= 11 is 1.19. The van der Waals surface area contributed by atoms with Gasteiger partial charge in [-0.1, -0.05) is 12.1 Å². The maximum Gasteiger partial charge on any atom is 0.263 e. The highest BCUT2D eigenvalue weighted by atomic mass is 32.1. The summed E-state index contributed by atoms with van der Waals surface area (Å²) in [4.78, 5) is 21.0. The summed E-state index contributed by atoms with van der Waals surface area (Å²) in [5.41, 5.74) is 1.10. The molecule has 0 saturated heterocycles. The Labute approximate surface area is 140 Å². The summed E-state index contributed by atoms with van der Waals surface area (Å²) in [6.45, 7) is 1.74. The molecular weight excluding hydrogens is 333 g/mol. The van der Waals surface area contributed by atoms with Gasteiger partial charge >= 0.3 is 0 Å². The first-order valence-electron chi connectivity index (χ1n) is 7.09. The van der Waals surface area contributed by atoms with Gasteiger partial charge in [-0.15, -0.1) is 11.3 Å². The lowest BCUT2D eigenvalue weighted by Crippen LogP contribution is -2.28. The number of thiazole rings is 1. The fraction of sp³-hybridized carbons (Fsp3) is 0.200. The number of aromatic amines is 1. The van der Waals surface area contributed by atoms with Gasteiger partial charge in [0.05, 0.1) is 11.8 Å². The van der Waals surface area contributed by atoms with E-state index in [1.54, 1.807) is 6.92 Å². The Hall–Kier alpha value is -2.65. The minimum absolute atomic E-state index is 0.0133. The molecule has 9 heteroatoms. The van der Waals surface area contributed by atoms with Crippen molar-refractivity contribution in [2.75, 3.05) is 6.54 Å². The van der Waals surface area contributed by atoms with E-state index in [1.165, 1.54) is 41.9 Å². The monoisotopic (exact) mass is 347 g/mol. The molecule has 24 heavy (non-hydrogen) atoms. The van der Waals surface area contributed by atoms with Gasteiger partial charge in [0.25, 0.3) is 5.91 Å². The first-order chi connectivity index (χ1) is 11.5. The minimum Gasteiger partial charge on any atom is -0.387 e. The van der Waals surface area contributed by atoms with Crippen LogP contribution in [0.4, 0.5) is 4.39 Å². The van der Waals surface area contributed by atoms with Crippen molar-refractivity contribution in [3.8, 4) is 10.8 Å². The zero-order valence-electron chi connectivity index (χ0n) is 12.7. The Morgan fingerprint density at radius 1 is 1.42 bits per heavy atom. The third kappa shape index (κ3) is 3.47. The molecule has 1 amide bonds. The predicted octanol–water partition coefficient (Wildman–Crippen LogP) is 1.84. The molecule has 0 radical (unpaired) electrons. The van der Waals surface area contributed by atoms with Crippen LogP contribution in [0.25, 0.3) is 10.8 Å². The third-order valence-corrected chi connectivity index (χ3v) is 4.49. The summed E-state index contributed by atoms with van der Waals surface area (Å²) in [5, 5.41) is 19.7. The van der Waals surface area contributed by atoms with Crippen molar-refractivity contribution in [3.05, 3.63) is 52.5 Å². The van der Waals surface area contributed by atoms with Gasteiger partial charge in [-0.05, 0) is 24.6 Å². The highest BCUT2D eigenvalue weighted by molar-refractivity contribution is 7.17. The van der Waals surface area contributed by atoms with Gasteiger partial charge in [-0.2, -0.15) is 5.10 Å². The van der Waals surface area contributed by atoms with Crippen LogP contribution in [0.2, 0.25) is 0 Å². The number of H-pyrrole nitrogens is 1. The molecule has 0 aliphatic rings. The van der Waals surface area contributed by atoms with Crippen LogP contribution in [0, 0.1) is 12.7 Å². The first-order valence-corrected chi connectivity index (χ1v) is 7.91. The van der Waals surface area contributed by atoms with E-state index in [2.05, 4.69) is 25.5 Å². The number of hydrogen-bond acceptors (Lipinski definition) is 6. The standard InChI is InChI=1S/C15H14FN5O2S/c1-8-12(24-15(20-8)13-18-7-19-21-13)14(23)17-6-11(22)9-2-4-10(16)5-3-9/h2-5,7,11,22H,6H2,1H3,(H,17,23)(H,18,19,21). The number of aromatic nitrogens is 4. The molecule has 3 aromatic rings. The van der Waals surface area contributed by atoms with E-state index in [9.17, 15) is 14.3 Å². The lowest BCUT2D eigenvalue weighted by Gasteiger charge is -2.11. The Kier molecular flexibility index (Phi) is 4.63. The number of nitrogens with one attached hydrogen (secondary N) is 2. The van der Waals surface area contributed by atoms with Crippen LogP contribution in [-0.2, 0) is 0 Å². The van der Waals surface area contributed by atoms with Gasteiger partial charge in [-0.25, -0.2) is 14.4 Å². The molecule has 1 unspecified atom stereocenters. The van der Waals surface area contributed by atoms with Gasteiger partial charge in [-0.3, -0.25) is 9.89 Å². The number of carbonyl (C=O) groups is 1. The summed E-state index contributed by atoms with van der Waals surface area (Å²) in [6.07, 6.45) is 0.446. The van der Waals surface area contributed by atoms with Crippen LogP contribution in [0.5, 0.6) is 0 Å². The second-order valence-corrected chi connectivity index (χ2v) is 6.04. The van der Waals surface area contributed by atoms with Crippen molar-refractivity contribution < 1.29 is 14.3 Å². The summed E-state index contributed by atoms with van der Waals surface area (Å²) in [7, 11) is 0. The molecule has 124 valence electrons. The number of rotatable bonds is 5. The number of carbonyl (C=O) groups excluding carboxylic acids is 1. The second kappa shape index (κ2) is 6.85. The molecule has 2 heterocycles. The van der Waals surface area contributed by atoms with Crippen LogP contribution in [0.1, 0.15) is 27.0 Å². The number of benzene rings is 1. The van der Waals surface area contributed by atoms with Gasteiger partial charge in [0.15, 0.2) is 10.8 Å². The number of amides is 1. The van der Waals surface area contributed by atoms with Crippen LogP contribution in [0.3, 0.4) is 0 Å². The summed E-state index contributed by atoms with van der Waals surface area (Å²) in [6, 6.07) is 5.48. The van der Waals surface area contributed by atoms with Crippen molar-refractivity contribution in [1.29, 1.82) is 0 Å². The van der Waals surface area contributed by atoms with Crippen LogP contribution in [0.15, 0.2) is 30.6 Å². The Morgan fingerprint density at radius 2 is 2.17 bits per heavy atom. The highest BCUT2D eigenvalue weighted by Crippen LogP contribution is 2.25. The van der Waals surface area contributed by atoms with E-state index in [-0.39, 0.29) is 18.3 Å². The van der Waals surface area contributed by atoms with E-state index in [0.29, 0.717) is 27.0 Å². The maximum absolute atomic E-state index is 12.9. The number of aryl methyl sites for hydroxylation is 1. The highest BCUT2D eigenvalue weighted by Gasteiger charge is 2.18. The van der Waals surface area contributed by atoms with Crippen molar-refractivity contribution in [3.63, 3.8) is 0 Å². The number of halogens is 1. The molecule has 1 aromatic carbocycles. The molecule has 0 fully saturated rings. The minimum atomic E-state index is -0.920. The van der Waals surface area contributed by atoms with Crippen LogP contribution in [-0.4, -0.2) is 37.7 Å². The smallest absolute Gasteiger partial charge is 0.263 e. The lowest BCUT2D eigenvalue weighted by molar-refractivity contribution is 0.0919. The molecule has 2 aromatic heterocycles. The van der Waals surface area contributed by atoms with Crippen LogP contribution >= 0.6 is 11.3 Å². The average molecular weight is 347 g/mol. The zero-order chi connectivity index (χ0) is 17.1. The third-order valence-electron chi connectivity index (χ3n) is 3.33. The molecule has 3 N–H and O–H groups in total. The largest absolute Gasteiger partial charge is 0.387 e. The van der Waals surface area contributed by atoms with Gasteiger partial charge in [0, 0.05) is 6.54 Å². The normalized spacial score (nSPS) is 12.1. The molecule has 1 atom stereocenters. The SMILES string of the molecule is Cc1nc(-c2ncn[nH]2)sc1C(=O)NCC(O)c1ccc(F)cc1. The van der Waals surface area contributed by atoms with E-state index in [0.717, 1.165) is 0 Å². The molecule has 0 aliphatic heterocycles. The molecule has 0 spiro atoms. The Balaban J connectivity index is 1.66. The van der Waals surface area contributed by atoms with E-state index in [4.69, 9.17) is 0 Å². The second-order valence-electron chi connectivity index (χ2n) is 5.05. The fourth-order valence-corrected chi connectivity index (χ4v) is 3.02. The van der Waals surface area contributed by atoms with E-state index < -0.39 is 6.10 Å². The quantitative estimate of drug-likeness (QED) is 0.653. The fourth-order valence-electron chi connectivity index (χ4n) is 2.09. The van der Waals surface area contributed by atoms with E-state index >= 15 is 0 Å². The van der Waals surface area contributed by atoms with E-state index in [1.807, 2.05) is 0 Å². The van der Waals surface area contributed by atoms with Crippen molar-refractivity contribution in [2.24, 2.45) is 0 Å². The Bertz CT molecular complexity index is 832. The molecule has 3 rings (SSSR count). The number of hydrogen-bond donors (Lipinski definition) is 3. The zero-order valence-corrected chi connectivity index (χ0v) is 13.5. The van der Waals surface area contributed by atoms with Gasteiger partial charge < -0.3 is 10.4 Å². The molecular formula is C15H14FN5O2S. The first kappa shape index (κ1) is 16.2. The average Bonchev–Trinajstić information content (AvgIpc) is 3.22. The number of aliphatic hydroxyl groups excluding tert-OH is 1. The van der Waals surface area contributed by atoms with Crippen molar-refractivity contribution in [1.82, 2.24) is 25.5 Å². The molecule has 0 saturated carbocycles. The van der Waals surface area contributed by atoms with Gasteiger partial charge in [0.2, 0.25) is 0 Å². The number of nitrogens with zero attached hydrogens (tertiary/aromatic N) is 3. The molecule has 7 nitrogen and oxygen atoms in total. The topological polar surface area (TPSA) is 104 Å². The Morgan fingerprint density at radius 3 is 2.83 bits per heavy atom. The number of aliphatic hydroxyl groups is 1. The molecule has 0 aliphatic carbocycles. The summed E-state index contributed by atoms with van der Waals surface area (Å²) < 4.78 is 12.9. The maximum atomic E-state index is 12.9. The lowest BCUT2D eigenvalue weighted by atomic mass is 10.1. The summed E-state index contributed by atoms with van der Waals surface area (Å²) in [5.74, 6) is -0.222. The van der Waals surface area contributed by atoms with Crippen molar-refractivity contribution in [2.45, 2.75) is 13.0 Å². The van der Waals surface area contributed by atoms with Crippen LogP contribution < -0.4 is 5.32 Å². The molecule has 0 bridgehead atoms. The van der Waals surface area contributed by atoms with Gasteiger partial charge in [0.1, 0.15) is 17.0 Å². The van der Waals surface area contributed by atoms with Crippen molar-refractivity contribution >= 4 is 17.2 Å².